The van der Waals surface area contributed by atoms with Crippen molar-refractivity contribution in [3.05, 3.63) is 0 Å². The van der Waals surface area contributed by atoms with Gasteiger partial charge in [-0.05, 0) is 25.0 Å². The molecule has 2 rings (SSSR count). The zero-order chi connectivity index (χ0) is 10.9. The van der Waals surface area contributed by atoms with Crippen molar-refractivity contribution >= 4 is 11.8 Å². The van der Waals surface area contributed by atoms with Crippen LogP contribution in [0.4, 0.5) is 0 Å². The van der Waals surface area contributed by atoms with E-state index < -0.39 is 0 Å². The lowest BCUT2D eigenvalue weighted by Crippen LogP contribution is -2.60. The number of thioether (sulfide) groups is 1. The van der Waals surface area contributed by atoms with E-state index in [-0.39, 0.29) is 11.5 Å². The Labute approximate surface area is 97.2 Å². The van der Waals surface area contributed by atoms with Gasteiger partial charge in [0.05, 0.1) is 6.10 Å². The molecule has 2 N–H and O–H groups in total. The van der Waals surface area contributed by atoms with Gasteiger partial charge in [-0.3, -0.25) is 0 Å². The molecule has 2 aliphatic rings. The van der Waals surface area contributed by atoms with Crippen molar-refractivity contribution in [3.8, 4) is 0 Å². The lowest BCUT2D eigenvalue weighted by molar-refractivity contribution is -0.0721. The molecule has 0 spiro atoms. The summed E-state index contributed by atoms with van der Waals surface area (Å²) in [6.45, 7) is 5.45. The van der Waals surface area contributed by atoms with Crippen LogP contribution in [0.25, 0.3) is 0 Å². The van der Waals surface area contributed by atoms with Crippen LogP contribution in [-0.4, -0.2) is 34.8 Å². The first-order valence-corrected chi connectivity index (χ1v) is 7.18. The SMILES string of the molecule is CC1(C)C(O)CC1NCC1CCCCS1. The van der Waals surface area contributed by atoms with Gasteiger partial charge >= 0.3 is 0 Å². The lowest BCUT2D eigenvalue weighted by Gasteiger charge is -2.50. The molecule has 1 aliphatic heterocycles. The predicted octanol–water partition coefficient (Wildman–Crippen LogP) is 2.02. The van der Waals surface area contributed by atoms with E-state index in [0.29, 0.717) is 6.04 Å². The van der Waals surface area contributed by atoms with Gasteiger partial charge < -0.3 is 10.4 Å². The average Bonchev–Trinajstić information content (AvgIpc) is 2.25. The molecule has 1 saturated heterocycles. The molecule has 0 aromatic heterocycles. The molecule has 3 atom stereocenters. The van der Waals surface area contributed by atoms with Crippen LogP contribution < -0.4 is 5.32 Å². The fourth-order valence-corrected chi connectivity index (χ4v) is 3.74. The molecule has 1 heterocycles. The normalized spacial score (nSPS) is 39.8. The second-order valence-corrected chi connectivity index (χ2v) is 6.93. The van der Waals surface area contributed by atoms with Crippen molar-refractivity contribution in [1.82, 2.24) is 5.32 Å². The summed E-state index contributed by atoms with van der Waals surface area (Å²) in [6.07, 6.45) is 5.00. The van der Waals surface area contributed by atoms with E-state index in [1.54, 1.807) is 0 Å². The molecule has 15 heavy (non-hydrogen) atoms. The Hall–Kier alpha value is 0.270. The smallest absolute Gasteiger partial charge is 0.0621 e. The van der Waals surface area contributed by atoms with E-state index in [1.165, 1.54) is 25.0 Å². The molecule has 3 unspecified atom stereocenters. The Morgan fingerprint density at radius 3 is 2.73 bits per heavy atom. The predicted molar refractivity (Wildman–Crippen MR) is 66.3 cm³/mol. The first-order chi connectivity index (χ1) is 7.10. The minimum atomic E-state index is -0.103. The quantitative estimate of drug-likeness (QED) is 0.776. The Kier molecular flexibility index (Phi) is 3.63. The van der Waals surface area contributed by atoms with Gasteiger partial charge in [-0.1, -0.05) is 20.3 Å². The Bertz CT molecular complexity index is 214. The maximum atomic E-state index is 9.64. The highest BCUT2D eigenvalue weighted by Crippen LogP contribution is 2.40. The topological polar surface area (TPSA) is 32.3 Å². The maximum absolute atomic E-state index is 9.64. The zero-order valence-corrected chi connectivity index (χ0v) is 10.6. The van der Waals surface area contributed by atoms with Gasteiger partial charge in [-0.25, -0.2) is 0 Å². The van der Waals surface area contributed by atoms with Crippen LogP contribution in [-0.2, 0) is 0 Å². The van der Waals surface area contributed by atoms with Crippen LogP contribution in [0.15, 0.2) is 0 Å². The van der Waals surface area contributed by atoms with Gasteiger partial charge in [-0.15, -0.1) is 0 Å². The standard InChI is InChI=1S/C12H23NOS/c1-12(2)10(7-11(12)14)13-8-9-5-3-4-6-15-9/h9-11,13-14H,3-8H2,1-2H3. The van der Waals surface area contributed by atoms with Crippen molar-refractivity contribution in [2.24, 2.45) is 5.41 Å². The lowest BCUT2D eigenvalue weighted by atomic mass is 9.64. The number of hydrogen-bond donors (Lipinski definition) is 2. The summed E-state index contributed by atoms with van der Waals surface area (Å²) in [6, 6.07) is 0.523. The van der Waals surface area contributed by atoms with Gasteiger partial charge in [0.15, 0.2) is 0 Å². The van der Waals surface area contributed by atoms with Crippen LogP contribution in [0.5, 0.6) is 0 Å². The summed E-state index contributed by atoms with van der Waals surface area (Å²) in [5, 5.41) is 14.1. The minimum Gasteiger partial charge on any atom is -0.392 e. The first-order valence-electron chi connectivity index (χ1n) is 6.14. The Morgan fingerprint density at radius 1 is 1.40 bits per heavy atom. The Balaban J connectivity index is 1.70. The third-order valence-electron chi connectivity index (χ3n) is 4.08. The van der Waals surface area contributed by atoms with Crippen molar-refractivity contribution in [2.45, 2.75) is 56.9 Å². The first kappa shape index (κ1) is 11.7. The van der Waals surface area contributed by atoms with Crippen LogP contribution in [0.3, 0.4) is 0 Å². The maximum Gasteiger partial charge on any atom is 0.0621 e. The highest BCUT2D eigenvalue weighted by molar-refractivity contribution is 7.99. The van der Waals surface area contributed by atoms with Crippen molar-refractivity contribution in [3.63, 3.8) is 0 Å². The molecule has 2 fully saturated rings. The third-order valence-corrected chi connectivity index (χ3v) is 5.48. The number of hydrogen-bond acceptors (Lipinski definition) is 3. The highest BCUT2D eigenvalue weighted by atomic mass is 32.2. The summed E-state index contributed by atoms with van der Waals surface area (Å²) in [4.78, 5) is 0. The molecule has 0 aromatic carbocycles. The number of nitrogens with one attached hydrogen (secondary N) is 1. The van der Waals surface area contributed by atoms with E-state index in [2.05, 4.69) is 30.9 Å². The fourth-order valence-electron chi connectivity index (χ4n) is 2.49. The molecular weight excluding hydrogens is 206 g/mol. The monoisotopic (exact) mass is 229 g/mol. The highest BCUT2D eigenvalue weighted by Gasteiger charge is 2.46. The molecule has 2 nitrogen and oxygen atoms in total. The minimum absolute atomic E-state index is 0.0827. The molecule has 88 valence electrons. The summed E-state index contributed by atoms with van der Waals surface area (Å²) in [5.41, 5.74) is 0.0827. The third kappa shape index (κ3) is 2.51. The summed E-state index contributed by atoms with van der Waals surface area (Å²) < 4.78 is 0. The van der Waals surface area contributed by atoms with Gasteiger partial charge in [0.1, 0.15) is 0 Å². The molecule has 0 aromatic rings. The van der Waals surface area contributed by atoms with E-state index in [1.807, 2.05) is 0 Å². The Morgan fingerprint density at radius 2 is 2.20 bits per heavy atom. The van der Waals surface area contributed by atoms with Crippen molar-refractivity contribution < 1.29 is 5.11 Å². The van der Waals surface area contributed by atoms with Crippen LogP contribution in [0.2, 0.25) is 0 Å². The zero-order valence-electron chi connectivity index (χ0n) is 9.83. The molecule has 1 saturated carbocycles. The van der Waals surface area contributed by atoms with Crippen molar-refractivity contribution in [2.75, 3.05) is 12.3 Å². The van der Waals surface area contributed by atoms with Gasteiger partial charge in [-0.2, -0.15) is 11.8 Å². The van der Waals surface area contributed by atoms with Crippen LogP contribution in [0, 0.1) is 5.41 Å². The fraction of sp³-hybridized carbons (Fsp3) is 1.00. The largest absolute Gasteiger partial charge is 0.392 e. The molecule has 1 aliphatic carbocycles. The number of rotatable bonds is 3. The molecule has 0 radical (unpaired) electrons. The van der Waals surface area contributed by atoms with E-state index in [0.717, 1.165) is 18.2 Å². The molecule has 0 bridgehead atoms. The van der Waals surface area contributed by atoms with E-state index in [4.69, 9.17) is 0 Å². The average molecular weight is 229 g/mol. The van der Waals surface area contributed by atoms with Gasteiger partial charge in [0.25, 0.3) is 0 Å². The van der Waals surface area contributed by atoms with E-state index in [9.17, 15) is 5.11 Å². The molecule has 3 heteroatoms. The van der Waals surface area contributed by atoms with Crippen LogP contribution >= 0.6 is 11.8 Å². The number of aliphatic hydroxyl groups is 1. The van der Waals surface area contributed by atoms with Gasteiger partial charge in [0.2, 0.25) is 0 Å². The van der Waals surface area contributed by atoms with Gasteiger partial charge in [0, 0.05) is 23.3 Å². The summed E-state index contributed by atoms with van der Waals surface area (Å²) >= 11 is 2.12. The summed E-state index contributed by atoms with van der Waals surface area (Å²) in [7, 11) is 0. The van der Waals surface area contributed by atoms with E-state index >= 15 is 0 Å². The second kappa shape index (κ2) is 4.64. The number of aliphatic hydroxyl groups excluding tert-OH is 1. The van der Waals surface area contributed by atoms with Crippen LogP contribution in [0.1, 0.15) is 39.5 Å². The second-order valence-electron chi connectivity index (χ2n) is 5.52. The summed E-state index contributed by atoms with van der Waals surface area (Å²) in [5.74, 6) is 1.34. The molecule has 0 amide bonds. The van der Waals surface area contributed by atoms with Crippen molar-refractivity contribution in [1.29, 1.82) is 0 Å². The molecular formula is C12H23NOS.